The van der Waals surface area contributed by atoms with Crippen LogP contribution in [0.3, 0.4) is 0 Å². The summed E-state index contributed by atoms with van der Waals surface area (Å²) in [5.74, 6) is -0.252. The summed E-state index contributed by atoms with van der Waals surface area (Å²) in [7, 11) is 0. The van der Waals surface area contributed by atoms with E-state index in [4.69, 9.17) is 4.74 Å². The first-order chi connectivity index (χ1) is 6.70. The molecule has 4 heteroatoms. The van der Waals surface area contributed by atoms with Crippen molar-refractivity contribution in [3.8, 4) is 0 Å². The monoisotopic (exact) mass is 310 g/mol. The molecule has 1 aromatic carbocycles. The molecule has 74 valence electrons. The first-order valence-electron chi connectivity index (χ1n) is 4.23. The second-order valence-corrected chi connectivity index (χ2v) is 2.88. The average molecular weight is 312 g/mol. The standard InChI is InChI=1S/C10H12FO.BrH.Zn/c1-8(2)12-7-9-5-3-4-6-10(9)11;;/h3,5-6,8H,7H2,1-2H3;1H;/q-1;;+2/p-1. The molecule has 1 aromatic rings. The molecule has 0 saturated carbocycles. The number of halogens is 2. The molecule has 14 heavy (non-hydrogen) atoms. The van der Waals surface area contributed by atoms with Crippen molar-refractivity contribution in [2.24, 2.45) is 0 Å². The number of rotatable bonds is 3. The molecular formula is C10H12BrFOZn. The fourth-order valence-electron chi connectivity index (χ4n) is 0.816. The molecule has 0 heterocycles. The van der Waals surface area contributed by atoms with Crippen LogP contribution in [0, 0.1) is 11.9 Å². The third-order valence-corrected chi connectivity index (χ3v) is 1.47. The van der Waals surface area contributed by atoms with Gasteiger partial charge in [-0.2, -0.15) is 18.2 Å². The van der Waals surface area contributed by atoms with E-state index < -0.39 is 0 Å². The van der Waals surface area contributed by atoms with E-state index in [9.17, 15) is 4.39 Å². The normalized spacial score (nSPS) is 9.64. The molecular weight excluding hydrogens is 300 g/mol. The molecule has 0 aliphatic rings. The number of hydrogen-bond acceptors (Lipinski definition) is 1. The summed E-state index contributed by atoms with van der Waals surface area (Å²) in [4.78, 5) is 0. The molecule has 0 aliphatic carbocycles. The van der Waals surface area contributed by atoms with Gasteiger partial charge in [-0.05, 0) is 13.8 Å². The predicted molar refractivity (Wildman–Crippen MR) is 54.1 cm³/mol. The van der Waals surface area contributed by atoms with Crippen LogP contribution in [-0.4, -0.2) is 6.10 Å². The maximum atomic E-state index is 12.9. The molecule has 0 aromatic heterocycles. The molecule has 0 aliphatic heterocycles. The van der Waals surface area contributed by atoms with E-state index in [2.05, 4.69) is 19.7 Å². The summed E-state index contributed by atoms with van der Waals surface area (Å²) in [5, 5.41) is 0. The van der Waals surface area contributed by atoms with E-state index >= 15 is 0 Å². The van der Waals surface area contributed by atoms with Gasteiger partial charge in [0.25, 0.3) is 0 Å². The van der Waals surface area contributed by atoms with Crippen LogP contribution in [0.5, 0.6) is 0 Å². The van der Waals surface area contributed by atoms with Gasteiger partial charge < -0.3 is 4.74 Å². The van der Waals surface area contributed by atoms with Crippen molar-refractivity contribution in [1.82, 2.24) is 0 Å². The average Bonchev–Trinajstić information content (AvgIpc) is 2.19. The first-order valence-corrected chi connectivity index (χ1v) is 11.2. The fraction of sp³-hybridized carbons (Fsp3) is 0.400. The first kappa shape index (κ1) is 14.2. The summed E-state index contributed by atoms with van der Waals surface area (Å²) in [5.41, 5.74) is 0.586. The molecule has 0 N–H and O–H groups in total. The Morgan fingerprint density at radius 2 is 2.21 bits per heavy atom. The van der Waals surface area contributed by atoms with Gasteiger partial charge in [0.1, 0.15) is 0 Å². The molecule has 0 radical (unpaired) electrons. The SMILES string of the molecule is CC(C)OCc1cc[c-]cc1F.[Zn+][Br]. The van der Waals surface area contributed by atoms with Gasteiger partial charge in [0, 0.05) is 5.82 Å². The van der Waals surface area contributed by atoms with Crippen molar-refractivity contribution in [2.75, 3.05) is 0 Å². The van der Waals surface area contributed by atoms with E-state index in [1.807, 2.05) is 13.8 Å². The topological polar surface area (TPSA) is 9.23 Å². The van der Waals surface area contributed by atoms with Crippen molar-refractivity contribution < 1.29 is 25.5 Å². The summed E-state index contributed by atoms with van der Waals surface area (Å²) in [6.45, 7) is 4.18. The van der Waals surface area contributed by atoms with E-state index in [1.165, 1.54) is 22.4 Å². The van der Waals surface area contributed by atoms with Gasteiger partial charge in [-0.25, -0.2) is 0 Å². The Balaban J connectivity index is 0.000000791. The third-order valence-electron chi connectivity index (χ3n) is 1.47. The van der Waals surface area contributed by atoms with Crippen LogP contribution < -0.4 is 0 Å². The molecule has 0 bridgehead atoms. The molecule has 1 nitrogen and oxygen atoms in total. The van der Waals surface area contributed by atoms with E-state index in [-0.39, 0.29) is 11.9 Å². The summed E-state index contributed by atoms with van der Waals surface area (Å²) in [6.07, 6.45) is 0.133. The van der Waals surface area contributed by atoms with Crippen LogP contribution >= 0.6 is 13.6 Å². The quantitative estimate of drug-likeness (QED) is 0.614. The van der Waals surface area contributed by atoms with E-state index in [0.717, 1.165) is 0 Å². The molecule has 0 unspecified atom stereocenters. The van der Waals surface area contributed by atoms with Crippen molar-refractivity contribution >= 4 is 13.6 Å². The summed E-state index contributed by atoms with van der Waals surface area (Å²) < 4.78 is 18.2. The Morgan fingerprint density at radius 1 is 1.57 bits per heavy atom. The number of ether oxygens (including phenoxy) is 1. The van der Waals surface area contributed by atoms with Crippen LogP contribution in [0.1, 0.15) is 19.4 Å². The zero-order valence-electron chi connectivity index (χ0n) is 8.39. The number of benzene rings is 1. The van der Waals surface area contributed by atoms with Crippen LogP contribution in [0.25, 0.3) is 0 Å². The molecule has 0 saturated heterocycles. The molecule has 0 spiro atoms. The zero-order chi connectivity index (χ0) is 11.0. The minimum absolute atomic E-state index is 0.133. The van der Waals surface area contributed by atoms with Crippen LogP contribution in [-0.2, 0) is 27.7 Å². The number of hydrogen-bond donors (Lipinski definition) is 0. The second kappa shape index (κ2) is 8.52. The van der Waals surface area contributed by atoms with Crippen molar-refractivity contribution in [2.45, 2.75) is 26.6 Å². The third kappa shape index (κ3) is 5.84. The van der Waals surface area contributed by atoms with Gasteiger partial charge in [-0.15, -0.1) is 6.07 Å². The summed E-state index contributed by atoms with van der Waals surface area (Å²) in [6, 6.07) is 7.34. The fourth-order valence-corrected chi connectivity index (χ4v) is 0.816. The van der Waals surface area contributed by atoms with Crippen molar-refractivity contribution in [1.29, 1.82) is 0 Å². The Morgan fingerprint density at radius 3 is 2.71 bits per heavy atom. The van der Waals surface area contributed by atoms with Gasteiger partial charge >= 0.3 is 30.0 Å². The van der Waals surface area contributed by atoms with Gasteiger partial charge in [0.15, 0.2) is 0 Å². The Kier molecular flexibility index (Phi) is 8.65. The minimum atomic E-state index is -0.252. The van der Waals surface area contributed by atoms with Gasteiger partial charge in [-0.3, -0.25) is 4.39 Å². The molecule has 0 atom stereocenters. The maximum absolute atomic E-state index is 12.9. The van der Waals surface area contributed by atoms with E-state index in [0.29, 0.717) is 12.2 Å². The second-order valence-electron chi connectivity index (χ2n) is 2.88. The van der Waals surface area contributed by atoms with Gasteiger partial charge in [0.05, 0.1) is 12.7 Å². The molecule has 1 rings (SSSR count). The van der Waals surface area contributed by atoms with Gasteiger partial charge in [0.2, 0.25) is 0 Å². The predicted octanol–water partition coefficient (Wildman–Crippen LogP) is 3.39. The van der Waals surface area contributed by atoms with Crippen molar-refractivity contribution in [3.05, 3.63) is 35.6 Å². The van der Waals surface area contributed by atoms with E-state index in [1.54, 1.807) is 12.1 Å². The van der Waals surface area contributed by atoms with Crippen LogP contribution in [0.2, 0.25) is 0 Å². The molecule has 0 fully saturated rings. The summed E-state index contributed by atoms with van der Waals surface area (Å²) >= 11 is 4.25. The Bertz CT molecular complexity index is 256. The van der Waals surface area contributed by atoms with Crippen LogP contribution in [0.4, 0.5) is 4.39 Å². The zero-order valence-corrected chi connectivity index (χ0v) is 12.9. The molecule has 0 amide bonds. The van der Waals surface area contributed by atoms with Crippen LogP contribution in [0.15, 0.2) is 18.2 Å². The Labute approximate surface area is 101 Å². The Hall–Kier alpha value is 0.213. The van der Waals surface area contributed by atoms with Gasteiger partial charge in [-0.1, -0.05) is 5.56 Å². The van der Waals surface area contributed by atoms with Crippen molar-refractivity contribution in [3.63, 3.8) is 0 Å².